The van der Waals surface area contributed by atoms with Crippen molar-refractivity contribution in [2.45, 2.75) is 37.1 Å². The van der Waals surface area contributed by atoms with Gasteiger partial charge in [-0.05, 0) is 18.6 Å². The Labute approximate surface area is 150 Å². The molecule has 1 fully saturated rings. The highest BCUT2D eigenvalue weighted by Gasteiger charge is 2.44. The molecule has 0 aliphatic carbocycles. The van der Waals surface area contributed by atoms with Crippen molar-refractivity contribution in [2.75, 3.05) is 24.2 Å². The lowest BCUT2D eigenvalue weighted by atomic mass is 9.99. The van der Waals surface area contributed by atoms with E-state index in [0.717, 1.165) is 0 Å². The lowest BCUT2D eigenvalue weighted by Gasteiger charge is -2.39. The first kappa shape index (κ1) is 20.8. The standard InChI is InChI=1S/C15H23NO9S/c17-8-11-12(18)13(19)14(20)15(25-11)24-10-5-2-1-4-9(10)16-6-3-7-26(21,22)23/h1-2,4-5,11-20H,3,6-8H2,(H,21,22,23)/t11-,12+,13+,14-,15-/m1/s1. The maximum Gasteiger partial charge on any atom is 0.264 e. The number of benzene rings is 1. The van der Waals surface area contributed by atoms with E-state index in [1.165, 1.54) is 0 Å². The van der Waals surface area contributed by atoms with Crippen LogP contribution in [-0.4, -0.2) is 83.0 Å². The number of aliphatic hydroxyl groups is 4. The minimum atomic E-state index is -4.04. The van der Waals surface area contributed by atoms with Gasteiger partial charge in [0.05, 0.1) is 18.0 Å². The molecule has 26 heavy (non-hydrogen) atoms. The van der Waals surface area contributed by atoms with Crippen LogP contribution in [0.25, 0.3) is 0 Å². The highest BCUT2D eigenvalue weighted by atomic mass is 32.2. The van der Waals surface area contributed by atoms with Gasteiger partial charge in [-0.15, -0.1) is 0 Å². The Morgan fingerprint density at radius 2 is 1.81 bits per heavy atom. The van der Waals surface area contributed by atoms with Crippen LogP contribution in [0, 0.1) is 0 Å². The second-order valence-electron chi connectivity index (χ2n) is 5.88. The summed E-state index contributed by atoms with van der Waals surface area (Å²) in [6.45, 7) is -0.338. The fourth-order valence-corrected chi connectivity index (χ4v) is 2.99. The maximum absolute atomic E-state index is 10.7. The molecule has 11 heteroatoms. The van der Waals surface area contributed by atoms with Gasteiger partial charge in [0.25, 0.3) is 10.1 Å². The van der Waals surface area contributed by atoms with Crippen molar-refractivity contribution >= 4 is 15.8 Å². The largest absolute Gasteiger partial charge is 0.460 e. The van der Waals surface area contributed by atoms with Crippen molar-refractivity contribution in [1.82, 2.24) is 0 Å². The van der Waals surface area contributed by atoms with Gasteiger partial charge in [0, 0.05) is 6.54 Å². The molecule has 0 radical (unpaired) electrons. The lowest BCUT2D eigenvalue weighted by Crippen LogP contribution is -2.60. The zero-order chi connectivity index (χ0) is 19.3. The van der Waals surface area contributed by atoms with Crippen LogP contribution in [0.15, 0.2) is 24.3 Å². The van der Waals surface area contributed by atoms with Gasteiger partial charge in [0.15, 0.2) is 0 Å². The molecular weight excluding hydrogens is 370 g/mol. The van der Waals surface area contributed by atoms with Gasteiger partial charge >= 0.3 is 0 Å². The monoisotopic (exact) mass is 393 g/mol. The minimum Gasteiger partial charge on any atom is -0.460 e. The number of hydrogen-bond donors (Lipinski definition) is 6. The second-order valence-corrected chi connectivity index (χ2v) is 7.45. The van der Waals surface area contributed by atoms with Crippen LogP contribution in [0.4, 0.5) is 5.69 Å². The summed E-state index contributed by atoms with van der Waals surface area (Å²) in [5.41, 5.74) is 0.472. The van der Waals surface area contributed by atoms with E-state index in [2.05, 4.69) is 5.32 Å². The van der Waals surface area contributed by atoms with Crippen molar-refractivity contribution < 1.29 is 42.9 Å². The van der Waals surface area contributed by atoms with E-state index in [1.807, 2.05) is 0 Å². The van der Waals surface area contributed by atoms with E-state index in [4.69, 9.17) is 14.0 Å². The van der Waals surface area contributed by atoms with E-state index < -0.39 is 53.2 Å². The summed E-state index contributed by atoms with van der Waals surface area (Å²) in [5, 5.41) is 41.7. The first-order valence-corrected chi connectivity index (χ1v) is 9.59. The predicted molar refractivity (Wildman–Crippen MR) is 90.4 cm³/mol. The van der Waals surface area contributed by atoms with Gasteiger partial charge in [-0.25, -0.2) is 0 Å². The fourth-order valence-electron chi connectivity index (χ4n) is 2.48. The molecule has 1 aliphatic heterocycles. The number of para-hydroxylation sites is 2. The molecule has 0 amide bonds. The van der Waals surface area contributed by atoms with Gasteiger partial charge < -0.3 is 35.2 Å². The average Bonchev–Trinajstić information content (AvgIpc) is 2.59. The van der Waals surface area contributed by atoms with Gasteiger partial charge in [-0.2, -0.15) is 8.42 Å². The Morgan fingerprint density at radius 3 is 2.46 bits per heavy atom. The molecule has 0 aromatic heterocycles. The first-order valence-electron chi connectivity index (χ1n) is 7.98. The molecule has 2 rings (SSSR count). The minimum absolute atomic E-state index is 0.160. The predicted octanol–water partition coefficient (Wildman–Crippen LogP) is -1.44. The van der Waals surface area contributed by atoms with Crippen LogP contribution in [0.1, 0.15) is 6.42 Å². The molecule has 1 saturated heterocycles. The molecule has 1 heterocycles. The molecule has 1 aromatic rings. The highest BCUT2D eigenvalue weighted by molar-refractivity contribution is 7.85. The van der Waals surface area contributed by atoms with Crippen LogP contribution in [0.5, 0.6) is 5.75 Å². The third-order valence-corrected chi connectivity index (χ3v) is 4.68. The first-order chi connectivity index (χ1) is 12.2. The van der Waals surface area contributed by atoms with Crippen LogP contribution in [0.3, 0.4) is 0 Å². The Bertz CT molecular complexity index is 681. The fraction of sp³-hybridized carbons (Fsp3) is 0.600. The van der Waals surface area contributed by atoms with Gasteiger partial charge in [-0.1, -0.05) is 12.1 Å². The van der Waals surface area contributed by atoms with Crippen molar-refractivity contribution in [3.8, 4) is 5.75 Å². The van der Waals surface area contributed by atoms with Crippen molar-refractivity contribution in [2.24, 2.45) is 0 Å². The van der Waals surface area contributed by atoms with Crippen LogP contribution in [0.2, 0.25) is 0 Å². The molecule has 0 spiro atoms. The number of anilines is 1. The molecule has 148 valence electrons. The highest BCUT2D eigenvalue weighted by Crippen LogP contribution is 2.29. The lowest BCUT2D eigenvalue weighted by molar-refractivity contribution is -0.277. The van der Waals surface area contributed by atoms with E-state index in [0.29, 0.717) is 5.69 Å². The van der Waals surface area contributed by atoms with E-state index >= 15 is 0 Å². The molecule has 1 aromatic carbocycles. The topological polar surface area (TPSA) is 166 Å². The maximum atomic E-state index is 10.7. The summed E-state index contributed by atoms with van der Waals surface area (Å²) in [7, 11) is -4.04. The Morgan fingerprint density at radius 1 is 1.12 bits per heavy atom. The zero-order valence-electron chi connectivity index (χ0n) is 13.8. The van der Waals surface area contributed by atoms with E-state index in [-0.39, 0.29) is 18.7 Å². The smallest absolute Gasteiger partial charge is 0.264 e. The van der Waals surface area contributed by atoms with Crippen LogP contribution >= 0.6 is 0 Å². The third-order valence-electron chi connectivity index (χ3n) is 3.87. The van der Waals surface area contributed by atoms with E-state index in [9.17, 15) is 28.8 Å². The Kier molecular flexibility index (Phi) is 7.17. The second kappa shape index (κ2) is 8.95. The summed E-state index contributed by atoms with van der Waals surface area (Å²) in [5.74, 6) is -0.140. The van der Waals surface area contributed by atoms with Crippen LogP contribution in [-0.2, 0) is 14.9 Å². The molecule has 6 N–H and O–H groups in total. The van der Waals surface area contributed by atoms with E-state index in [1.54, 1.807) is 24.3 Å². The Hall–Kier alpha value is -1.47. The number of aliphatic hydroxyl groups excluding tert-OH is 4. The summed E-state index contributed by atoms with van der Waals surface area (Å²) >= 11 is 0. The SMILES string of the molecule is O=S(=O)(O)CCCNc1ccccc1O[C@@H]1O[C@H](CO)[C@H](O)[C@H](O)[C@H]1O. The summed E-state index contributed by atoms with van der Waals surface area (Å²) in [6.07, 6.45) is -6.84. The van der Waals surface area contributed by atoms with Gasteiger partial charge in [0.2, 0.25) is 6.29 Å². The molecule has 1 aliphatic rings. The number of hydrogen-bond acceptors (Lipinski definition) is 9. The molecule has 5 atom stereocenters. The molecular formula is C15H23NO9S. The Balaban J connectivity index is 2.02. The van der Waals surface area contributed by atoms with Crippen LogP contribution < -0.4 is 10.1 Å². The van der Waals surface area contributed by atoms with Gasteiger partial charge in [0.1, 0.15) is 30.2 Å². The summed E-state index contributed by atoms with van der Waals surface area (Å²) < 4.78 is 41.0. The number of ether oxygens (including phenoxy) is 2. The molecule has 0 bridgehead atoms. The molecule has 0 unspecified atom stereocenters. The average molecular weight is 393 g/mol. The summed E-state index contributed by atoms with van der Waals surface area (Å²) in [4.78, 5) is 0. The molecule has 0 saturated carbocycles. The molecule has 10 nitrogen and oxygen atoms in total. The van der Waals surface area contributed by atoms with Crippen molar-refractivity contribution in [1.29, 1.82) is 0 Å². The third kappa shape index (κ3) is 5.51. The zero-order valence-corrected chi connectivity index (χ0v) is 14.6. The van der Waals surface area contributed by atoms with Crippen molar-refractivity contribution in [3.05, 3.63) is 24.3 Å². The number of nitrogens with one attached hydrogen (secondary N) is 1. The van der Waals surface area contributed by atoms with Gasteiger partial charge in [-0.3, -0.25) is 4.55 Å². The quantitative estimate of drug-likeness (QED) is 0.227. The summed E-state index contributed by atoms with van der Waals surface area (Å²) in [6, 6.07) is 6.56. The normalized spacial score (nSPS) is 29.3. The number of rotatable bonds is 8. The van der Waals surface area contributed by atoms with Crippen molar-refractivity contribution in [3.63, 3.8) is 0 Å².